The van der Waals surface area contributed by atoms with Crippen molar-refractivity contribution in [1.29, 1.82) is 0 Å². The highest BCUT2D eigenvalue weighted by Gasteiger charge is 2.23. The molecule has 2 aromatic heterocycles. The Hall–Kier alpha value is -1.76. The Labute approximate surface area is 131 Å². The van der Waals surface area contributed by atoms with E-state index in [0.717, 1.165) is 31.9 Å². The molecule has 7 heteroatoms. The Balaban J connectivity index is 1.61. The quantitative estimate of drug-likeness (QED) is 0.836. The molecule has 0 N–H and O–H groups in total. The zero-order chi connectivity index (χ0) is 15.5. The third-order valence-electron chi connectivity index (χ3n) is 4.41. The Bertz CT molecular complexity index is 601. The molecule has 1 saturated heterocycles. The van der Waals surface area contributed by atoms with Gasteiger partial charge in [0.15, 0.2) is 5.82 Å². The van der Waals surface area contributed by atoms with Crippen molar-refractivity contribution in [1.82, 2.24) is 34.7 Å². The van der Waals surface area contributed by atoms with Gasteiger partial charge in [0.05, 0.1) is 12.6 Å². The summed E-state index contributed by atoms with van der Waals surface area (Å²) in [6.07, 6.45) is 7.46. The predicted molar refractivity (Wildman–Crippen MR) is 83.1 cm³/mol. The minimum Gasteiger partial charge on any atom is -0.338 e. The summed E-state index contributed by atoms with van der Waals surface area (Å²) >= 11 is 0. The van der Waals surface area contributed by atoms with Crippen molar-refractivity contribution in [2.45, 2.75) is 45.7 Å². The van der Waals surface area contributed by atoms with Crippen molar-refractivity contribution in [2.24, 2.45) is 13.0 Å². The number of aromatic nitrogens is 6. The molecule has 1 aliphatic rings. The number of nitrogens with zero attached hydrogens (tertiary/aromatic N) is 7. The summed E-state index contributed by atoms with van der Waals surface area (Å²) in [7, 11) is 2.07. The summed E-state index contributed by atoms with van der Waals surface area (Å²) < 4.78 is 4.04. The SMILES string of the molecule is CC(C)n1nnnc1CN1CCC[C@H](Cc2nccn2C)C1. The lowest BCUT2D eigenvalue weighted by Crippen LogP contribution is -2.37. The molecule has 0 bridgehead atoms. The van der Waals surface area contributed by atoms with Crippen LogP contribution in [0, 0.1) is 5.92 Å². The van der Waals surface area contributed by atoms with E-state index < -0.39 is 0 Å². The molecule has 1 atom stereocenters. The molecule has 22 heavy (non-hydrogen) atoms. The van der Waals surface area contributed by atoms with E-state index in [0.29, 0.717) is 12.0 Å². The second-order valence-corrected chi connectivity index (χ2v) is 6.54. The summed E-state index contributed by atoms with van der Waals surface area (Å²) in [4.78, 5) is 6.93. The third kappa shape index (κ3) is 3.35. The minimum absolute atomic E-state index is 0.304. The first-order valence-corrected chi connectivity index (χ1v) is 8.08. The lowest BCUT2D eigenvalue weighted by atomic mass is 9.94. The Morgan fingerprint density at radius 3 is 2.91 bits per heavy atom. The molecule has 3 heterocycles. The van der Waals surface area contributed by atoms with Gasteiger partial charge in [-0.2, -0.15) is 0 Å². The molecule has 120 valence electrons. The number of aryl methyl sites for hydroxylation is 1. The average molecular weight is 303 g/mol. The topological polar surface area (TPSA) is 64.7 Å². The van der Waals surface area contributed by atoms with Crippen LogP contribution in [0.5, 0.6) is 0 Å². The van der Waals surface area contributed by atoms with Crippen LogP contribution in [0.1, 0.15) is 44.4 Å². The fraction of sp³-hybridized carbons (Fsp3) is 0.733. The fourth-order valence-corrected chi connectivity index (χ4v) is 3.23. The van der Waals surface area contributed by atoms with Crippen molar-refractivity contribution >= 4 is 0 Å². The Morgan fingerprint density at radius 2 is 2.18 bits per heavy atom. The first-order chi connectivity index (χ1) is 10.6. The molecule has 1 aliphatic heterocycles. The standard InChI is InChI=1S/C15H25N7/c1-12(2)22-15(17-18-19-22)11-21-7-4-5-13(10-21)9-14-16-6-8-20(14)3/h6,8,12-13H,4-5,7,9-11H2,1-3H3/t13-/m1/s1. The molecule has 1 fully saturated rings. The van der Waals surface area contributed by atoms with Crippen molar-refractivity contribution in [3.8, 4) is 0 Å². The van der Waals surface area contributed by atoms with Crippen LogP contribution >= 0.6 is 0 Å². The predicted octanol–water partition coefficient (Wildman–Crippen LogP) is 1.44. The molecular weight excluding hydrogens is 278 g/mol. The van der Waals surface area contributed by atoms with E-state index >= 15 is 0 Å². The van der Waals surface area contributed by atoms with E-state index in [-0.39, 0.29) is 0 Å². The van der Waals surface area contributed by atoms with Crippen LogP contribution in [0.25, 0.3) is 0 Å². The molecule has 7 nitrogen and oxygen atoms in total. The van der Waals surface area contributed by atoms with Gasteiger partial charge in [0.1, 0.15) is 5.82 Å². The van der Waals surface area contributed by atoms with Gasteiger partial charge in [-0.3, -0.25) is 4.90 Å². The molecule has 0 unspecified atom stereocenters. The van der Waals surface area contributed by atoms with Gasteiger partial charge in [0.25, 0.3) is 0 Å². The van der Waals surface area contributed by atoms with Gasteiger partial charge < -0.3 is 4.57 Å². The van der Waals surface area contributed by atoms with Gasteiger partial charge in [-0.25, -0.2) is 9.67 Å². The summed E-state index contributed by atoms with van der Waals surface area (Å²) in [5.74, 6) is 2.81. The second-order valence-electron chi connectivity index (χ2n) is 6.54. The molecule has 0 aromatic carbocycles. The summed E-state index contributed by atoms with van der Waals surface area (Å²) in [5, 5.41) is 12.1. The van der Waals surface area contributed by atoms with Gasteiger partial charge in [0, 0.05) is 32.4 Å². The fourth-order valence-electron chi connectivity index (χ4n) is 3.23. The molecule has 3 rings (SSSR count). The van der Waals surface area contributed by atoms with E-state index in [9.17, 15) is 0 Å². The highest BCUT2D eigenvalue weighted by Crippen LogP contribution is 2.21. The number of rotatable bonds is 5. The van der Waals surface area contributed by atoms with Crippen molar-refractivity contribution in [2.75, 3.05) is 13.1 Å². The number of hydrogen-bond acceptors (Lipinski definition) is 5. The monoisotopic (exact) mass is 303 g/mol. The lowest BCUT2D eigenvalue weighted by molar-refractivity contribution is 0.158. The normalized spacial score (nSPS) is 19.9. The van der Waals surface area contributed by atoms with Crippen molar-refractivity contribution < 1.29 is 0 Å². The van der Waals surface area contributed by atoms with Crippen LogP contribution in [0.15, 0.2) is 12.4 Å². The van der Waals surface area contributed by atoms with Crippen LogP contribution in [-0.2, 0) is 20.0 Å². The van der Waals surface area contributed by atoms with E-state index in [4.69, 9.17) is 0 Å². The number of piperidine rings is 1. The number of imidazole rings is 1. The van der Waals surface area contributed by atoms with Gasteiger partial charge in [-0.05, 0) is 49.6 Å². The van der Waals surface area contributed by atoms with Crippen molar-refractivity contribution in [3.63, 3.8) is 0 Å². The maximum atomic E-state index is 4.46. The maximum absolute atomic E-state index is 4.46. The summed E-state index contributed by atoms with van der Waals surface area (Å²) in [6.45, 7) is 7.28. The van der Waals surface area contributed by atoms with Gasteiger partial charge >= 0.3 is 0 Å². The third-order valence-corrected chi connectivity index (χ3v) is 4.41. The van der Waals surface area contributed by atoms with E-state index in [1.54, 1.807) is 0 Å². The van der Waals surface area contributed by atoms with Crippen LogP contribution in [-0.4, -0.2) is 47.7 Å². The van der Waals surface area contributed by atoms with Crippen molar-refractivity contribution in [3.05, 3.63) is 24.0 Å². The first kappa shape index (κ1) is 15.1. The van der Waals surface area contributed by atoms with Crippen LogP contribution in [0.2, 0.25) is 0 Å². The zero-order valence-electron chi connectivity index (χ0n) is 13.7. The van der Waals surface area contributed by atoms with E-state index in [1.807, 2.05) is 17.1 Å². The van der Waals surface area contributed by atoms with Gasteiger partial charge in [0.2, 0.25) is 0 Å². The summed E-state index contributed by atoms with van der Waals surface area (Å²) in [5.41, 5.74) is 0. The number of tetrazole rings is 1. The maximum Gasteiger partial charge on any atom is 0.165 e. The summed E-state index contributed by atoms with van der Waals surface area (Å²) in [6, 6.07) is 0.304. The van der Waals surface area contributed by atoms with Gasteiger partial charge in [-0.15, -0.1) is 5.10 Å². The highest BCUT2D eigenvalue weighted by atomic mass is 15.6. The van der Waals surface area contributed by atoms with Crippen LogP contribution < -0.4 is 0 Å². The van der Waals surface area contributed by atoms with Crippen LogP contribution in [0.4, 0.5) is 0 Å². The molecule has 0 spiro atoms. The molecule has 0 amide bonds. The Kier molecular flexibility index (Phi) is 4.52. The van der Waals surface area contributed by atoms with E-state index in [1.165, 1.54) is 18.7 Å². The lowest BCUT2D eigenvalue weighted by Gasteiger charge is -2.32. The first-order valence-electron chi connectivity index (χ1n) is 8.08. The largest absolute Gasteiger partial charge is 0.338 e. The minimum atomic E-state index is 0.304. The molecule has 0 aliphatic carbocycles. The smallest absolute Gasteiger partial charge is 0.165 e. The van der Waals surface area contributed by atoms with Gasteiger partial charge in [-0.1, -0.05) is 0 Å². The average Bonchev–Trinajstić information content (AvgIpc) is 3.09. The highest BCUT2D eigenvalue weighted by molar-refractivity contribution is 4.94. The molecule has 2 aromatic rings. The number of likely N-dealkylation sites (tertiary alicyclic amines) is 1. The molecular formula is C15H25N7. The molecule has 0 saturated carbocycles. The van der Waals surface area contributed by atoms with Crippen LogP contribution in [0.3, 0.4) is 0 Å². The second kappa shape index (κ2) is 6.56. The van der Waals surface area contributed by atoms with E-state index in [2.05, 4.69) is 50.9 Å². The zero-order valence-corrected chi connectivity index (χ0v) is 13.7. The Morgan fingerprint density at radius 1 is 1.32 bits per heavy atom. The number of hydrogen-bond donors (Lipinski definition) is 0. The molecule has 0 radical (unpaired) electrons.